The molecule has 0 aromatic carbocycles. The van der Waals surface area contributed by atoms with Crippen LogP contribution >= 0.6 is 0 Å². The largest absolute Gasteiger partial charge is 0.459 e. The Morgan fingerprint density at radius 3 is 2.45 bits per heavy atom. The topological polar surface area (TPSA) is 15.3 Å². The number of hydrogen-bond acceptors (Lipinski definition) is 2. The highest BCUT2D eigenvalue weighted by atomic mass is 19.4. The van der Waals surface area contributed by atoms with Gasteiger partial charge in [-0.3, -0.25) is 0 Å². The molecule has 1 saturated heterocycles. The Kier molecular flexibility index (Phi) is 2.39. The smallest absolute Gasteiger partial charge is 0.315 e. The molecule has 0 unspecified atom stereocenters. The lowest BCUT2D eigenvalue weighted by atomic mass is 10.2. The maximum absolute atomic E-state index is 12.0. The molecule has 0 saturated carbocycles. The van der Waals surface area contributed by atoms with Gasteiger partial charge < -0.3 is 5.32 Å². The summed E-state index contributed by atoms with van der Waals surface area (Å²) in [4.78, 5) is 0.465. The molecule has 2 nitrogen and oxygen atoms in total. The van der Waals surface area contributed by atoms with Gasteiger partial charge in [0, 0.05) is 12.6 Å². The van der Waals surface area contributed by atoms with Gasteiger partial charge in [0.1, 0.15) is 0 Å². The van der Waals surface area contributed by atoms with Crippen LogP contribution in [0.25, 0.3) is 0 Å². The zero-order chi connectivity index (χ0) is 8.48. The fourth-order valence-electron chi connectivity index (χ4n) is 1.18. The molecule has 1 rings (SSSR count). The Morgan fingerprint density at radius 2 is 2.09 bits per heavy atom. The van der Waals surface area contributed by atoms with Gasteiger partial charge in [-0.05, 0) is 20.0 Å². The summed E-state index contributed by atoms with van der Waals surface area (Å²) in [6, 6.07) is -0.380. The van der Waals surface area contributed by atoms with Crippen LogP contribution < -0.4 is 5.32 Å². The molecular formula is C6H11F3N2. The maximum atomic E-state index is 12.0. The quantitative estimate of drug-likeness (QED) is 0.582. The van der Waals surface area contributed by atoms with Crippen molar-refractivity contribution < 1.29 is 13.2 Å². The van der Waals surface area contributed by atoms with Crippen LogP contribution in [0.15, 0.2) is 0 Å². The molecule has 1 aliphatic heterocycles. The van der Waals surface area contributed by atoms with Gasteiger partial charge in [0.05, 0.1) is 0 Å². The highest BCUT2D eigenvalue weighted by Gasteiger charge is 2.39. The van der Waals surface area contributed by atoms with E-state index in [-0.39, 0.29) is 6.04 Å². The summed E-state index contributed by atoms with van der Waals surface area (Å²) in [6.45, 7) is 1.13. The van der Waals surface area contributed by atoms with Crippen LogP contribution in [0.5, 0.6) is 0 Å². The predicted molar refractivity (Wildman–Crippen MR) is 35.1 cm³/mol. The van der Waals surface area contributed by atoms with Crippen LogP contribution in [0, 0.1) is 0 Å². The predicted octanol–water partition coefficient (Wildman–Crippen LogP) is 0.800. The van der Waals surface area contributed by atoms with Crippen molar-refractivity contribution in [3.63, 3.8) is 0 Å². The van der Waals surface area contributed by atoms with E-state index in [1.54, 1.807) is 0 Å². The standard InChI is InChI=1S/C6H11F3N2/c1-11(6(7,8)9)5-2-3-10-4-5/h5,10H,2-4H2,1H3/t5-/m1/s1. The zero-order valence-electron chi connectivity index (χ0n) is 6.28. The highest BCUT2D eigenvalue weighted by molar-refractivity contribution is 4.79. The molecule has 11 heavy (non-hydrogen) atoms. The number of rotatable bonds is 1. The van der Waals surface area contributed by atoms with E-state index in [2.05, 4.69) is 5.32 Å². The number of hydrogen-bond donors (Lipinski definition) is 1. The second kappa shape index (κ2) is 2.98. The summed E-state index contributed by atoms with van der Waals surface area (Å²) in [5, 5.41) is 2.88. The van der Waals surface area contributed by atoms with Crippen molar-refractivity contribution in [1.29, 1.82) is 0 Å². The number of likely N-dealkylation sites (N-methyl/N-ethyl adjacent to an activating group) is 1. The summed E-state index contributed by atoms with van der Waals surface area (Å²) in [6.07, 6.45) is -3.60. The summed E-state index contributed by atoms with van der Waals surface area (Å²) >= 11 is 0. The summed E-state index contributed by atoms with van der Waals surface area (Å²) in [5.74, 6) is 0. The second-order valence-corrected chi connectivity index (χ2v) is 2.73. The van der Waals surface area contributed by atoms with Crippen molar-refractivity contribution in [1.82, 2.24) is 10.2 Å². The van der Waals surface area contributed by atoms with Gasteiger partial charge in [-0.15, -0.1) is 0 Å². The highest BCUT2D eigenvalue weighted by Crippen LogP contribution is 2.23. The molecule has 66 valence electrons. The average molecular weight is 168 g/mol. The molecule has 1 fully saturated rings. The summed E-state index contributed by atoms with van der Waals surface area (Å²) in [7, 11) is 1.09. The summed E-state index contributed by atoms with van der Waals surface area (Å²) in [5.41, 5.74) is 0. The Morgan fingerprint density at radius 1 is 1.45 bits per heavy atom. The Labute approximate surface area is 63.4 Å². The van der Waals surface area contributed by atoms with Gasteiger partial charge in [0.25, 0.3) is 0 Å². The van der Waals surface area contributed by atoms with E-state index in [1.165, 1.54) is 0 Å². The van der Waals surface area contributed by atoms with Crippen molar-refractivity contribution >= 4 is 0 Å². The fourth-order valence-corrected chi connectivity index (χ4v) is 1.18. The van der Waals surface area contributed by atoms with E-state index < -0.39 is 6.30 Å². The third kappa shape index (κ3) is 2.07. The van der Waals surface area contributed by atoms with Crippen molar-refractivity contribution in [2.45, 2.75) is 18.8 Å². The van der Waals surface area contributed by atoms with Gasteiger partial charge in [-0.25, -0.2) is 4.90 Å². The molecule has 1 aliphatic rings. The first-order valence-corrected chi connectivity index (χ1v) is 3.52. The minimum Gasteiger partial charge on any atom is -0.315 e. The van der Waals surface area contributed by atoms with Gasteiger partial charge in [-0.1, -0.05) is 0 Å². The molecule has 0 bridgehead atoms. The Hall–Kier alpha value is -0.290. The van der Waals surface area contributed by atoms with E-state index in [0.29, 0.717) is 24.4 Å². The van der Waals surface area contributed by atoms with E-state index in [9.17, 15) is 13.2 Å². The molecule has 0 spiro atoms. The van der Waals surface area contributed by atoms with Gasteiger partial charge in [-0.2, -0.15) is 13.2 Å². The van der Waals surface area contributed by atoms with E-state index in [1.807, 2.05) is 0 Å². The van der Waals surface area contributed by atoms with Crippen molar-refractivity contribution in [3.05, 3.63) is 0 Å². The molecule has 0 radical (unpaired) electrons. The van der Waals surface area contributed by atoms with E-state index in [0.717, 1.165) is 7.05 Å². The van der Waals surface area contributed by atoms with E-state index >= 15 is 0 Å². The lowest BCUT2D eigenvalue weighted by Crippen LogP contribution is -2.43. The first-order valence-electron chi connectivity index (χ1n) is 3.52. The molecule has 0 amide bonds. The third-order valence-corrected chi connectivity index (χ3v) is 1.98. The Bertz CT molecular complexity index is 128. The normalized spacial score (nSPS) is 26.5. The van der Waals surface area contributed by atoms with Crippen LogP contribution in [-0.2, 0) is 0 Å². The first-order chi connectivity index (χ1) is 5.02. The van der Waals surface area contributed by atoms with Crippen LogP contribution in [0.4, 0.5) is 13.2 Å². The minimum atomic E-state index is -4.18. The molecular weight excluding hydrogens is 157 g/mol. The van der Waals surface area contributed by atoms with Crippen LogP contribution in [-0.4, -0.2) is 37.4 Å². The number of halogens is 3. The minimum absolute atomic E-state index is 0.380. The van der Waals surface area contributed by atoms with E-state index in [4.69, 9.17) is 0 Å². The average Bonchev–Trinajstić information content (AvgIpc) is 2.34. The monoisotopic (exact) mass is 168 g/mol. The Balaban J connectivity index is 2.46. The first kappa shape index (κ1) is 8.80. The molecule has 1 N–H and O–H groups in total. The maximum Gasteiger partial charge on any atom is 0.459 e. The number of nitrogens with zero attached hydrogens (tertiary/aromatic N) is 1. The number of alkyl halides is 3. The second-order valence-electron chi connectivity index (χ2n) is 2.73. The zero-order valence-corrected chi connectivity index (χ0v) is 6.28. The van der Waals surface area contributed by atoms with Crippen LogP contribution in [0.1, 0.15) is 6.42 Å². The molecule has 5 heteroatoms. The molecule has 1 heterocycles. The van der Waals surface area contributed by atoms with Crippen molar-refractivity contribution in [3.8, 4) is 0 Å². The van der Waals surface area contributed by atoms with Crippen LogP contribution in [0.3, 0.4) is 0 Å². The molecule has 1 atom stereocenters. The molecule has 0 aromatic rings. The number of nitrogens with one attached hydrogen (secondary N) is 1. The lowest BCUT2D eigenvalue weighted by Gasteiger charge is -2.25. The lowest BCUT2D eigenvalue weighted by molar-refractivity contribution is -0.247. The van der Waals surface area contributed by atoms with Crippen molar-refractivity contribution in [2.75, 3.05) is 20.1 Å². The fraction of sp³-hybridized carbons (Fsp3) is 1.00. The van der Waals surface area contributed by atoms with Gasteiger partial charge in [0.2, 0.25) is 0 Å². The third-order valence-electron chi connectivity index (χ3n) is 1.98. The molecule has 0 aromatic heterocycles. The molecule has 0 aliphatic carbocycles. The summed E-state index contributed by atoms with van der Waals surface area (Å²) < 4.78 is 36.0. The van der Waals surface area contributed by atoms with Gasteiger partial charge in [0.15, 0.2) is 0 Å². The van der Waals surface area contributed by atoms with Crippen molar-refractivity contribution in [2.24, 2.45) is 0 Å². The SMILES string of the molecule is CN([C@@H]1CCNC1)C(F)(F)F. The van der Waals surface area contributed by atoms with Gasteiger partial charge >= 0.3 is 6.30 Å². The van der Waals surface area contributed by atoms with Crippen LogP contribution in [0.2, 0.25) is 0 Å².